The molecule has 0 aromatic carbocycles. The summed E-state index contributed by atoms with van der Waals surface area (Å²) in [6.45, 7) is 5.46. The molecule has 0 rings (SSSR count). The Labute approximate surface area is 46.4 Å². The number of hydrogen-bond donors (Lipinski definition) is 1. The maximum atomic E-state index is 5.25. The lowest BCUT2D eigenvalue weighted by Crippen LogP contribution is -2.10. The van der Waals surface area contributed by atoms with E-state index in [1.165, 1.54) is 0 Å². The number of halogens is 1. The third-order valence-corrected chi connectivity index (χ3v) is 1.25. The van der Waals surface area contributed by atoms with Crippen molar-refractivity contribution in [2.75, 3.05) is 0 Å². The second kappa shape index (κ2) is 2.37. The van der Waals surface area contributed by atoms with Crippen LogP contribution in [-0.2, 0) is 0 Å². The lowest BCUT2D eigenvalue weighted by molar-refractivity contribution is 1.09. The molecule has 1 atom stereocenters. The summed E-state index contributed by atoms with van der Waals surface area (Å²) in [5.41, 5.74) is 6.21. The Morgan fingerprint density at radius 3 is 2.17 bits per heavy atom. The summed E-state index contributed by atoms with van der Waals surface area (Å²) < 4.78 is 0. The minimum atomic E-state index is -0.0301. The maximum absolute atomic E-state index is 5.25. The predicted molar refractivity (Wildman–Crippen MR) is 31.7 cm³/mol. The van der Waals surface area contributed by atoms with Crippen molar-refractivity contribution in [1.82, 2.24) is 0 Å². The number of nitrogens with two attached hydrogens (primary N) is 1. The molecule has 0 spiro atoms. The molecule has 36 valence electrons. The van der Waals surface area contributed by atoms with Gasteiger partial charge in [0.1, 0.15) is 0 Å². The van der Waals surface area contributed by atoms with Gasteiger partial charge in [-0.3, -0.25) is 0 Å². The maximum Gasteiger partial charge on any atom is 0.0815 e. The molecule has 0 saturated carbocycles. The van der Waals surface area contributed by atoms with Gasteiger partial charge in [0.25, 0.3) is 0 Å². The van der Waals surface area contributed by atoms with Gasteiger partial charge in [-0.1, -0.05) is 28.1 Å². The van der Waals surface area contributed by atoms with Gasteiger partial charge in [0, 0.05) is 0 Å². The molecule has 0 amide bonds. The van der Waals surface area contributed by atoms with Crippen LogP contribution in [0.3, 0.4) is 0 Å². The minimum Gasteiger partial charge on any atom is -0.315 e. The van der Waals surface area contributed by atoms with Gasteiger partial charge in [0.15, 0.2) is 0 Å². The molecule has 2 heteroatoms. The van der Waals surface area contributed by atoms with Crippen molar-refractivity contribution in [2.24, 2.45) is 5.73 Å². The summed E-state index contributed by atoms with van der Waals surface area (Å²) in [5.74, 6) is 0. The lowest BCUT2D eigenvalue weighted by Gasteiger charge is -1.96. The van der Waals surface area contributed by atoms with Gasteiger partial charge in [-0.15, -0.1) is 0 Å². The molecule has 6 heavy (non-hydrogen) atoms. The molecule has 0 saturated heterocycles. The monoisotopic (exact) mass is 149 g/mol. The summed E-state index contributed by atoms with van der Waals surface area (Å²) in [6.07, 6.45) is 0. The molecule has 1 unspecified atom stereocenters. The van der Waals surface area contributed by atoms with E-state index in [1.54, 1.807) is 0 Å². The van der Waals surface area contributed by atoms with Crippen LogP contribution in [-0.4, -0.2) is 4.95 Å². The first kappa shape index (κ1) is 6.18. The standard InChI is InChI=1S/C4H8BrN/c1-3(2)4(5)6/h4H,1,6H2,2H3. The molecule has 2 N–H and O–H groups in total. The SMILES string of the molecule is C=C(C)C(N)Br. The van der Waals surface area contributed by atoms with E-state index in [0.29, 0.717) is 0 Å². The van der Waals surface area contributed by atoms with E-state index in [2.05, 4.69) is 22.5 Å². The highest BCUT2D eigenvalue weighted by molar-refractivity contribution is 9.09. The summed E-state index contributed by atoms with van der Waals surface area (Å²) in [5, 5.41) is 0. The van der Waals surface area contributed by atoms with Gasteiger partial charge >= 0.3 is 0 Å². The van der Waals surface area contributed by atoms with Gasteiger partial charge in [-0.2, -0.15) is 0 Å². The lowest BCUT2D eigenvalue weighted by atomic mass is 10.4. The average molecular weight is 150 g/mol. The van der Waals surface area contributed by atoms with Gasteiger partial charge in [-0.05, 0) is 6.92 Å². The first-order chi connectivity index (χ1) is 2.64. The molecule has 1 nitrogen and oxygen atoms in total. The highest BCUT2D eigenvalue weighted by Crippen LogP contribution is 1.99. The van der Waals surface area contributed by atoms with E-state index in [1.807, 2.05) is 6.92 Å². The Morgan fingerprint density at radius 1 is 2.00 bits per heavy atom. The largest absolute Gasteiger partial charge is 0.315 e. The Kier molecular flexibility index (Phi) is 2.44. The van der Waals surface area contributed by atoms with Gasteiger partial charge in [0.05, 0.1) is 4.95 Å². The summed E-state index contributed by atoms with van der Waals surface area (Å²) in [7, 11) is 0. The zero-order valence-corrected chi connectivity index (χ0v) is 5.33. The molecular weight excluding hydrogens is 142 g/mol. The van der Waals surface area contributed by atoms with E-state index in [-0.39, 0.29) is 4.95 Å². The van der Waals surface area contributed by atoms with E-state index in [9.17, 15) is 0 Å². The summed E-state index contributed by atoms with van der Waals surface area (Å²) in [4.78, 5) is -0.0301. The minimum absolute atomic E-state index is 0.0301. The van der Waals surface area contributed by atoms with Crippen LogP contribution in [0.15, 0.2) is 12.2 Å². The third kappa shape index (κ3) is 2.42. The van der Waals surface area contributed by atoms with Crippen molar-refractivity contribution in [3.8, 4) is 0 Å². The smallest absolute Gasteiger partial charge is 0.0815 e. The molecule has 0 aliphatic rings. The van der Waals surface area contributed by atoms with Crippen molar-refractivity contribution >= 4 is 15.9 Å². The molecule has 0 aromatic rings. The summed E-state index contributed by atoms with van der Waals surface area (Å²) >= 11 is 3.12. The Morgan fingerprint density at radius 2 is 2.17 bits per heavy atom. The molecule has 0 aliphatic carbocycles. The Hall–Kier alpha value is 0.180. The fourth-order valence-electron chi connectivity index (χ4n) is 0. The fourth-order valence-corrected chi connectivity index (χ4v) is 0. The van der Waals surface area contributed by atoms with Crippen molar-refractivity contribution < 1.29 is 0 Å². The molecule has 0 aliphatic heterocycles. The summed E-state index contributed by atoms with van der Waals surface area (Å²) in [6, 6.07) is 0. The zero-order chi connectivity index (χ0) is 5.15. The van der Waals surface area contributed by atoms with Gasteiger partial charge < -0.3 is 5.73 Å². The Balaban J connectivity index is 3.26. The highest BCUT2D eigenvalue weighted by atomic mass is 79.9. The average Bonchev–Trinajstić information content (AvgIpc) is 1.36. The first-order valence-electron chi connectivity index (χ1n) is 1.69. The fraction of sp³-hybridized carbons (Fsp3) is 0.500. The van der Waals surface area contributed by atoms with Crippen molar-refractivity contribution in [1.29, 1.82) is 0 Å². The van der Waals surface area contributed by atoms with Crippen LogP contribution in [0.5, 0.6) is 0 Å². The van der Waals surface area contributed by atoms with Crippen molar-refractivity contribution in [2.45, 2.75) is 11.9 Å². The predicted octanol–water partition coefficient (Wildman–Crippen LogP) is 1.24. The van der Waals surface area contributed by atoms with Crippen LogP contribution in [0.25, 0.3) is 0 Å². The van der Waals surface area contributed by atoms with Gasteiger partial charge in [0.2, 0.25) is 0 Å². The topological polar surface area (TPSA) is 26.0 Å². The van der Waals surface area contributed by atoms with E-state index in [0.717, 1.165) is 5.57 Å². The molecular formula is C4H8BrN. The van der Waals surface area contributed by atoms with Crippen molar-refractivity contribution in [3.63, 3.8) is 0 Å². The zero-order valence-electron chi connectivity index (χ0n) is 3.74. The quantitative estimate of drug-likeness (QED) is 0.339. The molecule has 0 radical (unpaired) electrons. The first-order valence-corrected chi connectivity index (χ1v) is 2.61. The van der Waals surface area contributed by atoms with E-state index in [4.69, 9.17) is 5.73 Å². The van der Waals surface area contributed by atoms with Crippen LogP contribution in [0.2, 0.25) is 0 Å². The second-order valence-corrected chi connectivity index (χ2v) is 2.23. The van der Waals surface area contributed by atoms with Crippen molar-refractivity contribution in [3.05, 3.63) is 12.2 Å². The number of rotatable bonds is 1. The normalized spacial score (nSPS) is 13.8. The van der Waals surface area contributed by atoms with Crippen LogP contribution in [0.1, 0.15) is 6.92 Å². The molecule has 0 heterocycles. The number of hydrogen-bond acceptors (Lipinski definition) is 1. The van der Waals surface area contributed by atoms with Crippen LogP contribution in [0.4, 0.5) is 0 Å². The second-order valence-electron chi connectivity index (χ2n) is 1.25. The van der Waals surface area contributed by atoms with Crippen LogP contribution >= 0.6 is 15.9 Å². The molecule has 0 aromatic heterocycles. The van der Waals surface area contributed by atoms with Crippen LogP contribution in [0, 0.1) is 0 Å². The molecule has 0 fully saturated rings. The van der Waals surface area contributed by atoms with Gasteiger partial charge in [-0.25, -0.2) is 0 Å². The molecule has 0 bridgehead atoms. The van der Waals surface area contributed by atoms with E-state index < -0.39 is 0 Å². The third-order valence-electron chi connectivity index (χ3n) is 0.471. The highest BCUT2D eigenvalue weighted by Gasteiger charge is 1.90. The van der Waals surface area contributed by atoms with E-state index >= 15 is 0 Å². The number of alkyl halides is 1. The van der Waals surface area contributed by atoms with Crippen LogP contribution < -0.4 is 5.73 Å². The Bertz CT molecular complexity index is 58.6.